The minimum Gasteiger partial charge on any atom is -0.352 e. The number of hydrogen-bond donors (Lipinski definition) is 1. The predicted molar refractivity (Wildman–Crippen MR) is 33.0 cm³/mol. The second kappa shape index (κ2) is 2.08. The first-order chi connectivity index (χ1) is 4.15. The summed E-state index contributed by atoms with van der Waals surface area (Å²) in [4.78, 5) is 10.8. The van der Waals surface area contributed by atoms with Gasteiger partial charge in [-0.05, 0) is 13.8 Å². The van der Waals surface area contributed by atoms with Gasteiger partial charge in [0.2, 0.25) is 0 Å². The number of carbonyl (C=O) groups is 1. The third kappa shape index (κ3) is 1.11. The smallest absolute Gasteiger partial charge is 0.176 e. The molecule has 1 saturated heterocycles. The summed E-state index contributed by atoms with van der Waals surface area (Å²) in [5, 5.41) is 2.96. The molecule has 9 heavy (non-hydrogen) atoms. The molecule has 52 valence electrons. The average molecular weight is 129 g/mol. The number of carbonyl (C=O) groups excluding carboxylic acids is 1. The summed E-state index contributed by atoms with van der Waals surface area (Å²) in [6.07, 6.45) is 0. The molecule has 1 N–H and O–H groups in total. The van der Waals surface area contributed by atoms with Crippen LogP contribution in [0, 0.1) is 0 Å². The lowest BCUT2D eigenvalue weighted by molar-refractivity contribution is -0.136. The molecule has 1 rings (SSSR count). The number of nitrogens with one attached hydrogen (secondary N) is 1. The van der Waals surface area contributed by atoms with Crippen LogP contribution in [0.5, 0.6) is 0 Å². The van der Waals surface area contributed by atoms with Gasteiger partial charge in [0.1, 0.15) is 0 Å². The van der Waals surface area contributed by atoms with Crippen molar-refractivity contribution in [3.8, 4) is 0 Å². The largest absolute Gasteiger partial charge is 0.352 e. The van der Waals surface area contributed by atoms with Crippen LogP contribution in [0.3, 0.4) is 0 Å². The van der Waals surface area contributed by atoms with Crippen molar-refractivity contribution in [2.75, 3.05) is 13.2 Å². The third-order valence-electron chi connectivity index (χ3n) is 1.63. The Labute approximate surface area is 54.4 Å². The van der Waals surface area contributed by atoms with Crippen LogP contribution < -0.4 is 5.32 Å². The van der Waals surface area contributed by atoms with Crippen molar-refractivity contribution < 1.29 is 9.53 Å². The van der Waals surface area contributed by atoms with E-state index in [0.717, 1.165) is 6.54 Å². The number of rotatable bonds is 1. The van der Waals surface area contributed by atoms with Crippen molar-refractivity contribution in [3.63, 3.8) is 0 Å². The Morgan fingerprint density at radius 3 is 2.67 bits per heavy atom. The van der Waals surface area contributed by atoms with Gasteiger partial charge in [-0.15, -0.1) is 0 Å². The minimum absolute atomic E-state index is 0.0417. The first-order valence-corrected chi connectivity index (χ1v) is 3.05. The maximum absolute atomic E-state index is 10.8. The normalized spacial score (nSPS) is 34.9. The van der Waals surface area contributed by atoms with Crippen LogP contribution in [0.15, 0.2) is 0 Å². The quantitative estimate of drug-likeness (QED) is 0.537. The second-order valence-electron chi connectivity index (χ2n) is 2.36. The molecule has 0 saturated carbocycles. The van der Waals surface area contributed by atoms with E-state index < -0.39 is 5.72 Å². The van der Waals surface area contributed by atoms with Gasteiger partial charge in [0, 0.05) is 6.54 Å². The highest BCUT2D eigenvalue weighted by Gasteiger charge is 2.33. The first kappa shape index (κ1) is 6.71. The van der Waals surface area contributed by atoms with Crippen molar-refractivity contribution in [2.24, 2.45) is 0 Å². The van der Waals surface area contributed by atoms with Gasteiger partial charge in [-0.25, -0.2) is 0 Å². The van der Waals surface area contributed by atoms with Crippen molar-refractivity contribution in [1.29, 1.82) is 0 Å². The summed E-state index contributed by atoms with van der Waals surface area (Å²) in [7, 11) is 0. The Morgan fingerprint density at radius 1 is 1.78 bits per heavy atom. The molecule has 1 aliphatic rings. The average Bonchev–Trinajstić information content (AvgIpc) is 2.16. The van der Waals surface area contributed by atoms with E-state index in [-0.39, 0.29) is 5.78 Å². The van der Waals surface area contributed by atoms with E-state index in [1.54, 1.807) is 6.92 Å². The Bertz CT molecular complexity index is 127. The topological polar surface area (TPSA) is 38.3 Å². The van der Waals surface area contributed by atoms with Crippen LogP contribution in [-0.4, -0.2) is 24.7 Å². The zero-order valence-corrected chi connectivity index (χ0v) is 5.73. The van der Waals surface area contributed by atoms with E-state index in [1.807, 2.05) is 0 Å². The van der Waals surface area contributed by atoms with E-state index in [2.05, 4.69) is 5.32 Å². The lowest BCUT2D eigenvalue weighted by Crippen LogP contribution is -2.44. The SMILES string of the molecule is CC(=O)C1(C)NCCO1. The van der Waals surface area contributed by atoms with Gasteiger partial charge in [0.15, 0.2) is 11.5 Å². The fourth-order valence-corrected chi connectivity index (χ4v) is 0.822. The summed E-state index contributed by atoms with van der Waals surface area (Å²) < 4.78 is 5.14. The summed E-state index contributed by atoms with van der Waals surface area (Å²) in [6.45, 7) is 4.69. The zero-order valence-electron chi connectivity index (χ0n) is 5.73. The predicted octanol–water partition coefficient (Wildman–Crippen LogP) is -0.0886. The molecule has 1 unspecified atom stereocenters. The zero-order chi connectivity index (χ0) is 6.91. The molecule has 0 aromatic carbocycles. The minimum atomic E-state index is -0.694. The van der Waals surface area contributed by atoms with Gasteiger partial charge in [-0.1, -0.05) is 0 Å². The Kier molecular flexibility index (Phi) is 1.55. The van der Waals surface area contributed by atoms with Crippen LogP contribution in [0.1, 0.15) is 13.8 Å². The highest BCUT2D eigenvalue weighted by Crippen LogP contribution is 2.11. The molecular formula is C6H11NO2. The Balaban J connectivity index is 2.61. The maximum Gasteiger partial charge on any atom is 0.176 e. The van der Waals surface area contributed by atoms with Crippen molar-refractivity contribution in [3.05, 3.63) is 0 Å². The molecule has 0 aromatic heterocycles. The number of Topliss-reactive ketones (excluding diaryl/α,β-unsaturated/α-hetero) is 1. The van der Waals surface area contributed by atoms with E-state index in [4.69, 9.17) is 4.74 Å². The lowest BCUT2D eigenvalue weighted by atomic mass is 10.2. The molecule has 0 radical (unpaired) electrons. The number of ether oxygens (including phenoxy) is 1. The fraction of sp³-hybridized carbons (Fsp3) is 0.833. The first-order valence-electron chi connectivity index (χ1n) is 3.05. The fourth-order valence-electron chi connectivity index (χ4n) is 0.822. The Hall–Kier alpha value is -0.410. The van der Waals surface area contributed by atoms with E-state index in [0.29, 0.717) is 6.61 Å². The molecule has 0 amide bonds. The van der Waals surface area contributed by atoms with Gasteiger partial charge in [0.25, 0.3) is 0 Å². The van der Waals surface area contributed by atoms with E-state index in [9.17, 15) is 4.79 Å². The summed E-state index contributed by atoms with van der Waals surface area (Å²) in [5.41, 5.74) is -0.694. The lowest BCUT2D eigenvalue weighted by Gasteiger charge is -2.18. The second-order valence-corrected chi connectivity index (χ2v) is 2.36. The monoisotopic (exact) mass is 129 g/mol. The highest BCUT2D eigenvalue weighted by atomic mass is 16.5. The van der Waals surface area contributed by atoms with Gasteiger partial charge >= 0.3 is 0 Å². The summed E-state index contributed by atoms with van der Waals surface area (Å²) >= 11 is 0. The molecule has 1 aliphatic heterocycles. The van der Waals surface area contributed by atoms with Crippen molar-refractivity contribution >= 4 is 5.78 Å². The molecule has 0 bridgehead atoms. The molecular weight excluding hydrogens is 118 g/mol. The molecule has 0 aromatic rings. The molecule has 0 aliphatic carbocycles. The van der Waals surface area contributed by atoms with Crippen molar-refractivity contribution in [2.45, 2.75) is 19.6 Å². The van der Waals surface area contributed by atoms with E-state index in [1.165, 1.54) is 6.92 Å². The van der Waals surface area contributed by atoms with Crippen LogP contribution in [-0.2, 0) is 9.53 Å². The highest BCUT2D eigenvalue weighted by molar-refractivity contribution is 5.84. The van der Waals surface area contributed by atoms with Gasteiger partial charge in [0.05, 0.1) is 6.61 Å². The maximum atomic E-state index is 10.8. The number of hydrogen-bond acceptors (Lipinski definition) is 3. The molecule has 0 spiro atoms. The molecule has 1 fully saturated rings. The number of ketones is 1. The Morgan fingerprint density at radius 2 is 2.44 bits per heavy atom. The van der Waals surface area contributed by atoms with Gasteiger partial charge in [-0.3, -0.25) is 10.1 Å². The van der Waals surface area contributed by atoms with Crippen LogP contribution in [0.25, 0.3) is 0 Å². The third-order valence-corrected chi connectivity index (χ3v) is 1.63. The van der Waals surface area contributed by atoms with E-state index >= 15 is 0 Å². The van der Waals surface area contributed by atoms with Crippen LogP contribution >= 0.6 is 0 Å². The van der Waals surface area contributed by atoms with Gasteiger partial charge < -0.3 is 4.74 Å². The molecule has 1 atom stereocenters. The van der Waals surface area contributed by atoms with Crippen LogP contribution in [0.4, 0.5) is 0 Å². The standard InChI is InChI=1S/C6H11NO2/c1-5(8)6(2)7-3-4-9-6/h7H,3-4H2,1-2H3. The van der Waals surface area contributed by atoms with Crippen molar-refractivity contribution in [1.82, 2.24) is 5.32 Å². The summed E-state index contributed by atoms with van der Waals surface area (Å²) in [6, 6.07) is 0. The molecule has 1 heterocycles. The van der Waals surface area contributed by atoms with Crippen LogP contribution in [0.2, 0.25) is 0 Å². The molecule has 3 nitrogen and oxygen atoms in total. The molecule has 3 heteroatoms. The summed E-state index contributed by atoms with van der Waals surface area (Å²) in [5.74, 6) is 0.0417. The van der Waals surface area contributed by atoms with Gasteiger partial charge in [-0.2, -0.15) is 0 Å².